The maximum atomic E-state index is 11.6. The summed E-state index contributed by atoms with van der Waals surface area (Å²) in [6.45, 7) is 0.130. The SMILES string of the molecule is O=c1ccc([N+](=O)[O-])cn1CCOc1cccc([N+](=O)[O-])c1. The largest absolute Gasteiger partial charge is 0.491 e. The van der Waals surface area contributed by atoms with Crippen molar-refractivity contribution in [2.45, 2.75) is 6.54 Å². The minimum absolute atomic E-state index is 0.0439. The van der Waals surface area contributed by atoms with Crippen LogP contribution in [0, 0.1) is 20.2 Å². The number of nitrogens with zero attached hydrogens (tertiary/aromatic N) is 3. The van der Waals surface area contributed by atoms with Crippen molar-refractivity contribution in [1.29, 1.82) is 0 Å². The van der Waals surface area contributed by atoms with E-state index in [0.29, 0.717) is 0 Å². The summed E-state index contributed by atoms with van der Waals surface area (Å²) in [6.07, 6.45) is 1.12. The molecular formula is C13H11N3O6. The number of nitro benzene ring substituents is 1. The fraction of sp³-hybridized carbons (Fsp3) is 0.154. The van der Waals surface area contributed by atoms with Gasteiger partial charge in [-0.05, 0) is 6.07 Å². The summed E-state index contributed by atoms with van der Waals surface area (Å²) in [5, 5.41) is 21.3. The summed E-state index contributed by atoms with van der Waals surface area (Å²) >= 11 is 0. The van der Waals surface area contributed by atoms with Crippen LogP contribution in [0.25, 0.3) is 0 Å². The van der Waals surface area contributed by atoms with Crippen molar-refractivity contribution < 1.29 is 14.6 Å². The number of pyridine rings is 1. The summed E-state index contributed by atoms with van der Waals surface area (Å²) < 4.78 is 6.47. The zero-order valence-corrected chi connectivity index (χ0v) is 11.2. The Bertz CT molecular complexity index is 770. The van der Waals surface area contributed by atoms with Gasteiger partial charge in [0.15, 0.2) is 0 Å². The van der Waals surface area contributed by atoms with Crippen molar-refractivity contribution in [3.63, 3.8) is 0 Å². The molecule has 0 atom stereocenters. The molecule has 0 unspecified atom stereocenters. The van der Waals surface area contributed by atoms with E-state index >= 15 is 0 Å². The van der Waals surface area contributed by atoms with Crippen molar-refractivity contribution in [3.05, 3.63) is 73.2 Å². The van der Waals surface area contributed by atoms with E-state index in [9.17, 15) is 25.0 Å². The van der Waals surface area contributed by atoms with Crippen LogP contribution < -0.4 is 10.3 Å². The molecule has 1 heterocycles. The molecule has 0 aliphatic carbocycles. The number of rotatable bonds is 6. The molecule has 2 rings (SSSR count). The number of nitro groups is 2. The van der Waals surface area contributed by atoms with Gasteiger partial charge in [0.2, 0.25) is 0 Å². The first-order chi connectivity index (χ1) is 10.5. The molecule has 0 saturated carbocycles. The smallest absolute Gasteiger partial charge is 0.285 e. The first-order valence-electron chi connectivity index (χ1n) is 6.19. The fourth-order valence-electron chi connectivity index (χ4n) is 1.75. The van der Waals surface area contributed by atoms with E-state index in [0.717, 1.165) is 22.9 Å². The average Bonchev–Trinajstić information content (AvgIpc) is 2.49. The molecule has 0 radical (unpaired) electrons. The van der Waals surface area contributed by atoms with Gasteiger partial charge < -0.3 is 9.30 Å². The van der Waals surface area contributed by atoms with Crippen molar-refractivity contribution in [3.8, 4) is 5.75 Å². The Labute approximate surface area is 123 Å². The molecule has 0 aliphatic rings. The molecule has 9 nitrogen and oxygen atoms in total. The third-order valence-corrected chi connectivity index (χ3v) is 2.81. The zero-order chi connectivity index (χ0) is 16.1. The van der Waals surface area contributed by atoms with E-state index in [1.54, 1.807) is 6.07 Å². The molecule has 1 aromatic heterocycles. The molecule has 0 spiro atoms. The Balaban J connectivity index is 2.03. The molecule has 0 amide bonds. The van der Waals surface area contributed by atoms with Crippen molar-refractivity contribution >= 4 is 11.4 Å². The lowest BCUT2D eigenvalue weighted by atomic mass is 10.3. The van der Waals surface area contributed by atoms with E-state index < -0.39 is 15.4 Å². The number of benzene rings is 1. The molecule has 0 saturated heterocycles. The molecule has 1 aromatic carbocycles. The van der Waals surface area contributed by atoms with Crippen LogP contribution in [0.1, 0.15) is 0 Å². The van der Waals surface area contributed by atoms with Gasteiger partial charge in [0.05, 0.1) is 28.7 Å². The predicted octanol–water partition coefficient (Wildman–Crippen LogP) is 1.74. The molecular weight excluding hydrogens is 294 g/mol. The van der Waals surface area contributed by atoms with Gasteiger partial charge in [-0.25, -0.2) is 0 Å². The van der Waals surface area contributed by atoms with E-state index in [4.69, 9.17) is 4.74 Å². The summed E-state index contributed by atoms with van der Waals surface area (Å²) in [5.74, 6) is 0.285. The average molecular weight is 305 g/mol. The molecule has 0 fully saturated rings. The van der Waals surface area contributed by atoms with E-state index in [-0.39, 0.29) is 30.3 Å². The molecule has 9 heteroatoms. The van der Waals surface area contributed by atoms with Gasteiger partial charge in [0.25, 0.3) is 16.9 Å². The maximum Gasteiger partial charge on any atom is 0.285 e. The van der Waals surface area contributed by atoms with E-state index in [2.05, 4.69) is 0 Å². The third kappa shape index (κ3) is 3.66. The molecule has 22 heavy (non-hydrogen) atoms. The van der Waals surface area contributed by atoms with Gasteiger partial charge in [-0.2, -0.15) is 0 Å². The fourth-order valence-corrected chi connectivity index (χ4v) is 1.75. The predicted molar refractivity (Wildman–Crippen MR) is 75.9 cm³/mol. The van der Waals surface area contributed by atoms with Gasteiger partial charge >= 0.3 is 0 Å². The molecule has 114 valence electrons. The lowest BCUT2D eigenvalue weighted by Gasteiger charge is -2.07. The Hall–Kier alpha value is -3.23. The Morgan fingerprint density at radius 2 is 1.77 bits per heavy atom. The Kier molecular flexibility index (Phi) is 4.47. The van der Waals surface area contributed by atoms with E-state index in [1.807, 2.05) is 0 Å². The Morgan fingerprint density at radius 3 is 2.45 bits per heavy atom. The second-order valence-electron chi connectivity index (χ2n) is 4.28. The second kappa shape index (κ2) is 6.48. The monoisotopic (exact) mass is 305 g/mol. The van der Waals surface area contributed by atoms with Gasteiger partial charge in [-0.15, -0.1) is 0 Å². The van der Waals surface area contributed by atoms with Gasteiger partial charge in [0, 0.05) is 18.2 Å². The van der Waals surface area contributed by atoms with Crippen LogP contribution in [0.3, 0.4) is 0 Å². The summed E-state index contributed by atoms with van der Waals surface area (Å²) in [4.78, 5) is 31.7. The molecule has 0 bridgehead atoms. The number of hydrogen-bond acceptors (Lipinski definition) is 6. The lowest BCUT2D eigenvalue weighted by molar-refractivity contribution is -0.385. The topological polar surface area (TPSA) is 118 Å². The van der Waals surface area contributed by atoms with Crippen LogP contribution in [0.5, 0.6) is 5.75 Å². The third-order valence-electron chi connectivity index (χ3n) is 2.81. The highest BCUT2D eigenvalue weighted by Gasteiger charge is 2.09. The molecule has 0 N–H and O–H groups in total. The highest BCUT2D eigenvalue weighted by Crippen LogP contribution is 2.19. The number of hydrogen-bond donors (Lipinski definition) is 0. The standard InChI is InChI=1S/C13H11N3O6/c17-13-5-4-11(16(20)21)9-14(13)6-7-22-12-3-1-2-10(8-12)15(18)19/h1-5,8-9H,6-7H2. The summed E-state index contributed by atoms with van der Waals surface area (Å²) in [6, 6.07) is 7.84. The highest BCUT2D eigenvalue weighted by molar-refractivity contribution is 5.37. The van der Waals surface area contributed by atoms with Crippen molar-refractivity contribution in [2.75, 3.05) is 6.61 Å². The van der Waals surface area contributed by atoms with Crippen LogP contribution in [-0.2, 0) is 6.54 Å². The number of ether oxygens (including phenoxy) is 1. The zero-order valence-electron chi connectivity index (χ0n) is 11.2. The second-order valence-corrected chi connectivity index (χ2v) is 4.28. The van der Waals surface area contributed by atoms with Gasteiger partial charge in [-0.3, -0.25) is 25.0 Å². The molecule has 0 aliphatic heterocycles. The first-order valence-corrected chi connectivity index (χ1v) is 6.19. The minimum atomic E-state index is -0.600. The van der Waals surface area contributed by atoms with Crippen LogP contribution >= 0.6 is 0 Å². The maximum absolute atomic E-state index is 11.6. The van der Waals surface area contributed by atoms with Crippen molar-refractivity contribution in [1.82, 2.24) is 4.57 Å². The van der Waals surface area contributed by atoms with Crippen LogP contribution in [0.2, 0.25) is 0 Å². The van der Waals surface area contributed by atoms with Crippen molar-refractivity contribution in [2.24, 2.45) is 0 Å². The van der Waals surface area contributed by atoms with Crippen LogP contribution in [-0.4, -0.2) is 21.0 Å². The van der Waals surface area contributed by atoms with Crippen LogP contribution in [0.4, 0.5) is 11.4 Å². The van der Waals surface area contributed by atoms with E-state index in [1.165, 1.54) is 18.2 Å². The quantitative estimate of drug-likeness (QED) is 0.592. The van der Waals surface area contributed by atoms with Crippen LogP contribution in [0.15, 0.2) is 47.4 Å². The number of aromatic nitrogens is 1. The van der Waals surface area contributed by atoms with Gasteiger partial charge in [-0.1, -0.05) is 6.07 Å². The minimum Gasteiger partial charge on any atom is -0.491 e. The van der Waals surface area contributed by atoms with Gasteiger partial charge in [0.1, 0.15) is 12.4 Å². The lowest BCUT2D eigenvalue weighted by Crippen LogP contribution is -2.22. The normalized spacial score (nSPS) is 10.2. The first kappa shape index (κ1) is 15.2. The summed E-state index contributed by atoms with van der Waals surface area (Å²) in [7, 11) is 0. The highest BCUT2D eigenvalue weighted by atomic mass is 16.6. The number of non-ortho nitro benzene ring substituents is 1. The summed E-state index contributed by atoms with van der Waals surface area (Å²) in [5.41, 5.74) is -0.701. The molecule has 2 aromatic rings. The Morgan fingerprint density at radius 1 is 1.05 bits per heavy atom.